The summed E-state index contributed by atoms with van der Waals surface area (Å²) < 4.78 is 29.7. The van der Waals surface area contributed by atoms with Crippen molar-refractivity contribution in [2.45, 2.75) is 70.6 Å². The molecule has 0 aromatic carbocycles. The van der Waals surface area contributed by atoms with Gasteiger partial charge in [-0.05, 0) is 38.5 Å². The summed E-state index contributed by atoms with van der Waals surface area (Å²) in [5, 5.41) is 4.85. The summed E-state index contributed by atoms with van der Waals surface area (Å²) in [5.74, 6) is -1.32. The third-order valence-electron chi connectivity index (χ3n) is 3.96. The third kappa shape index (κ3) is 17.4. The summed E-state index contributed by atoms with van der Waals surface area (Å²) >= 11 is 0. The Kier molecular flexibility index (Phi) is 15.0. The summed E-state index contributed by atoms with van der Waals surface area (Å²) in [6.45, 7) is 0.518. The van der Waals surface area contributed by atoms with E-state index in [4.69, 9.17) is 4.55 Å². The van der Waals surface area contributed by atoms with E-state index >= 15 is 0 Å². The molecule has 0 unspecified atom stereocenters. The Hall–Kier alpha value is -1.41. The molecular formula is C18H34N2O5S. The van der Waals surface area contributed by atoms with Crippen LogP contribution in [0.4, 0.5) is 0 Å². The molecule has 26 heavy (non-hydrogen) atoms. The molecule has 0 atom stereocenters. The summed E-state index contributed by atoms with van der Waals surface area (Å²) in [5.41, 5.74) is 0. The van der Waals surface area contributed by atoms with Gasteiger partial charge in [0, 0.05) is 13.6 Å². The van der Waals surface area contributed by atoms with Crippen molar-refractivity contribution in [2.75, 3.05) is 19.3 Å². The highest BCUT2D eigenvalue weighted by Crippen LogP contribution is 2.09. The predicted octanol–water partition coefficient (Wildman–Crippen LogP) is 2.58. The summed E-state index contributed by atoms with van der Waals surface area (Å²) in [6, 6.07) is 0. The van der Waals surface area contributed by atoms with E-state index < -0.39 is 21.9 Å². The van der Waals surface area contributed by atoms with Crippen LogP contribution in [0.2, 0.25) is 0 Å². The number of carbonyl (C=O) groups excluding carboxylic acids is 2. The first kappa shape index (κ1) is 24.6. The molecule has 2 amide bonds. The van der Waals surface area contributed by atoms with Crippen molar-refractivity contribution in [1.29, 1.82) is 0 Å². The Bertz CT molecular complexity index is 518. The number of rotatable bonds is 15. The quantitative estimate of drug-likeness (QED) is 0.172. The molecule has 0 heterocycles. The second-order valence-electron chi connectivity index (χ2n) is 6.35. The van der Waals surface area contributed by atoms with E-state index in [1.54, 1.807) is 0 Å². The first-order valence-corrected chi connectivity index (χ1v) is 11.1. The average Bonchev–Trinajstić information content (AvgIpc) is 2.59. The molecule has 0 aliphatic carbocycles. The Morgan fingerprint density at radius 2 is 1.31 bits per heavy atom. The number of nitrogens with one attached hydrogen (secondary N) is 2. The fourth-order valence-corrected chi connectivity index (χ4v) is 3.02. The van der Waals surface area contributed by atoms with Gasteiger partial charge in [-0.15, -0.1) is 0 Å². The smallest absolute Gasteiger partial charge is 0.309 e. The maximum Gasteiger partial charge on any atom is 0.309 e. The molecule has 0 rings (SSSR count). The zero-order valence-corrected chi connectivity index (χ0v) is 16.7. The molecule has 0 aliphatic rings. The van der Waals surface area contributed by atoms with Crippen LogP contribution in [-0.2, 0) is 19.7 Å². The van der Waals surface area contributed by atoms with Gasteiger partial charge >= 0.3 is 11.8 Å². The number of carbonyl (C=O) groups is 2. The topological polar surface area (TPSA) is 113 Å². The minimum Gasteiger partial charge on any atom is -0.351 e. The Morgan fingerprint density at radius 3 is 1.85 bits per heavy atom. The third-order valence-corrected chi connectivity index (χ3v) is 4.76. The van der Waals surface area contributed by atoms with E-state index in [1.165, 1.54) is 13.5 Å². The molecule has 0 spiro atoms. The van der Waals surface area contributed by atoms with Gasteiger partial charge in [-0.3, -0.25) is 14.1 Å². The highest BCUT2D eigenvalue weighted by Gasteiger charge is 2.08. The molecule has 3 N–H and O–H groups in total. The zero-order chi connectivity index (χ0) is 19.7. The van der Waals surface area contributed by atoms with E-state index in [9.17, 15) is 18.0 Å². The minimum absolute atomic E-state index is 0.127. The monoisotopic (exact) mass is 390 g/mol. The van der Waals surface area contributed by atoms with Crippen molar-refractivity contribution >= 4 is 21.9 Å². The Labute approximate surface area is 157 Å². The number of hydrogen-bond donors (Lipinski definition) is 3. The standard InChI is InChI=1S/C18H34N2O5S/c1-19-17(21)18(22)20-15-13-11-9-7-5-3-2-4-6-8-10-12-14-16-26(23,24)25/h5,7H,2-4,6,8-16H2,1H3,(H,19,21)(H,20,22)(H,23,24,25)/b7-5-. The first-order valence-electron chi connectivity index (χ1n) is 9.47. The Morgan fingerprint density at radius 1 is 0.808 bits per heavy atom. The summed E-state index contributed by atoms with van der Waals surface area (Å²) in [6.07, 6.45) is 15.2. The lowest BCUT2D eigenvalue weighted by Crippen LogP contribution is -2.38. The van der Waals surface area contributed by atoms with Crippen LogP contribution in [0.15, 0.2) is 12.2 Å². The van der Waals surface area contributed by atoms with Gasteiger partial charge in [0.2, 0.25) is 0 Å². The van der Waals surface area contributed by atoms with Gasteiger partial charge in [0.25, 0.3) is 10.1 Å². The van der Waals surface area contributed by atoms with Crippen LogP contribution < -0.4 is 10.6 Å². The largest absolute Gasteiger partial charge is 0.351 e. The lowest BCUT2D eigenvalue weighted by molar-refractivity contribution is -0.138. The second-order valence-corrected chi connectivity index (χ2v) is 7.92. The molecule has 152 valence electrons. The van der Waals surface area contributed by atoms with E-state index in [-0.39, 0.29) is 5.75 Å². The molecule has 7 nitrogen and oxygen atoms in total. The van der Waals surface area contributed by atoms with Crippen LogP contribution in [0.3, 0.4) is 0 Å². The van der Waals surface area contributed by atoms with E-state index in [2.05, 4.69) is 22.8 Å². The summed E-state index contributed by atoms with van der Waals surface area (Å²) in [7, 11) is -2.36. The lowest BCUT2D eigenvalue weighted by Gasteiger charge is -2.02. The van der Waals surface area contributed by atoms with Gasteiger partial charge in [0.15, 0.2) is 0 Å². The molecule has 0 aliphatic heterocycles. The second kappa shape index (κ2) is 15.8. The normalized spacial score (nSPS) is 11.6. The zero-order valence-electron chi connectivity index (χ0n) is 15.8. The summed E-state index contributed by atoms with van der Waals surface area (Å²) in [4.78, 5) is 22.1. The molecule has 8 heteroatoms. The van der Waals surface area contributed by atoms with E-state index in [1.807, 2.05) is 0 Å². The molecule has 0 saturated heterocycles. The van der Waals surface area contributed by atoms with Gasteiger partial charge in [0.1, 0.15) is 0 Å². The minimum atomic E-state index is -3.79. The number of allylic oxidation sites excluding steroid dienone is 2. The van der Waals surface area contributed by atoms with E-state index in [0.717, 1.165) is 57.8 Å². The van der Waals surface area contributed by atoms with Crippen LogP contribution in [0.1, 0.15) is 70.6 Å². The van der Waals surface area contributed by atoms with Crippen molar-refractivity contribution in [3.8, 4) is 0 Å². The van der Waals surface area contributed by atoms with Crippen LogP contribution in [0.5, 0.6) is 0 Å². The van der Waals surface area contributed by atoms with Crippen LogP contribution in [0, 0.1) is 0 Å². The SMILES string of the molecule is CNC(=O)C(=O)NCCCC/C=C\CCCCCCCCCS(=O)(=O)O. The fraction of sp³-hybridized carbons (Fsp3) is 0.778. The molecule has 0 aromatic heterocycles. The number of likely N-dealkylation sites (N-methyl/N-ethyl adjacent to an activating group) is 1. The van der Waals surface area contributed by atoms with Gasteiger partial charge in [-0.2, -0.15) is 8.42 Å². The van der Waals surface area contributed by atoms with Crippen LogP contribution in [-0.4, -0.2) is 44.1 Å². The van der Waals surface area contributed by atoms with Crippen molar-refractivity contribution in [2.24, 2.45) is 0 Å². The highest BCUT2D eigenvalue weighted by atomic mass is 32.2. The van der Waals surface area contributed by atoms with Gasteiger partial charge in [-0.1, -0.05) is 44.3 Å². The average molecular weight is 391 g/mol. The fourth-order valence-electron chi connectivity index (χ4n) is 2.45. The number of hydrogen-bond acceptors (Lipinski definition) is 4. The van der Waals surface area contributed by atoms with E-state index in [0.29, 0.717) is 13.0 Å². The van der Waals surface area contributed by atoms with Crippen LogP contribution >= 0.6 is 0 Å². The lowest BCUT2D eigenvalue weighted by atomic mass is 10.1. The van der Waals surface area contributed by atoms with Gasteiger partial charge in [0.05, 0.1) is 5.75 Å². The van der Waals surface area contributed by atoms with Crippen molar-refractivity contribution < 1.29 is 22.6 Å². The molecule has 0 saturated carbocycles. The van der Waals surface area contributed by atoms with Crippen LogP contribution in [0.25, 0.3) is 0 Å². The number of amides is 2. The first-order chi connectivity index (χ1) is 12.4. The van der Waals surface area contributed by atoms with Crippen molar-refractivity contribution in [1.82, 2.24) is 10.6 Å². The van der Waals surface area contributed by atoms with Gasteiger partial charge < -0.3 is 10.6 Å². The predicted molar refractivity (Wildman–Crippen MR) is 103 cm³/mol. The molecule has 0 radical (unpaired) electrons. The maximum absolute atomic E-state index is 11.2. The molecule has 0 aromatic rings. The molecule has 0 bridgehead atoms. The molecular weight excluding hydrogens is 356 g/mol. The highest BCUT2D eigenvalue weighted by molar-refractivity contribution is 7.85. The van der Waals surface area contributed by atoms with Crippen molar-refractivity contribution in [3.05, 3.63) is 12.2 Å². The molecule has 0 fully saturated rings. The maximum atomic E-state index is 11.2. The number of unbranched alkanes of at least 4 members (excludes halogenated alkanes) is 9. The van der Waals surface area contributed by atoms with Crippen molar-refractivity contribution in [3.63, 3.8) is 0 Å². The van der Waals surface area contributed by atoms with Gasteiger partial charge in [-0.25, -0.2) is 0 Å². The Balaban J connectivity index is 3.29.